The van der Waals surface area contributed by atoms with E-state index in [4.69, 9.17) is 0 Å². The van der Waals surface area contributed by atoms with Crippen molar-refractivity contribution in [2.45, 2.75) is 17.8 Å². The van der Waals surface area contributed by atoms with Crippen molar-refractivity contribution in [1.29, 1.82) is 0 Å². The molecule has 0 aromatic rings. The molecule has 0 aliphatic heterocycles. The Hall–Kier alpha value is 0.348. The van der Waals surface area contributed by atoms with E-state index in [2.05, 4.69) is 0 Å². The van der Waals surface area contributed by atoms with Crippen molar-refractivity contribution >= 4 is 13.9 Å². The molecule has 4 heteroatoms. The van der Waals surface area contributed by atoms with Crippen molar-refractivity contribution in [3.63, 3.8) is 0 Å². The third kappa shape index (κ3) is 6.35. The molecule has 0 heterocycles. The SMILES string of the molecule is CC[As](C)(F)(F)F. The van der Waals surface area contributed by atoms with Crippen molar-refractivity contribution in [3.8, 4) is 0 Å². The first-order valence-corrected chi connectivity index (χ1v) is 7.31. The zero-order chi connectivity index (χ0) is 6.15. The van der Waals surface area contributed by atoms with Gasteiger partial charge in [0.2, 0.25) is 0 Å². The fourth-order valence-corrected chi connectivity index (χ4v) is 0. The van der Waals surface area contributed by atoms with Crippen LogP contribution in [0.25, 0.3) is 0 Å². The summed E-state index contributed by atoms with van der Waals surface area (Å²) in [7, 11) is 0. The molecule has 7 heavy (non-hydrogen) atoms. The summed E-state index contributed by atoms with van der Waals surface area (Å²) in [6, 6.07) is 0. The predicted molar refractivity (Wildman–Crippen MR) is 25.4 cm³/mol. The average molecular weight is 176 g/mol. The van der Waals surface area contributed by atoms with Crippen LogP contribution in [0.1, 0.15) is 6.92 Å². The predicted octanol–water partition coefficient (Wildman–Crippen LogP) is 2.44. The Kier molecular flexibility index (Phi) is 1.48. The maximum atomic E-state index is 11.7. The number of halogens is 3. The summed E-state index contributed by atoms with van der Waals surface area (Å²) in [5.41, 5.74) is 0.443. The molecule has 0 amide bonds. The molecular weight excluding hydrogens is 168 g/mol. The van der Waals surface area contributed by atoms with Gasteiger partial charge in [-0.3, -0.25) is 0 Å². The van der Waals surface area contributed by atoms with E-state index in [1.807, 2.05) is 0 Å². The Labute approximate surface area is 42.9 Å². The van der Waals surface area contributed by atoms with Gasteiger partial charge in [-0.15, -0.1) is 0 Å². The summed E-state index contributed by atoms with van der Waals surface area (Å²) in [6.45, 7) is 1.17. The van der Waals surface area contributed by atoms with Crippen LogP contribution in [0.5, 0.6) is 0 Å². The molecule has 0 unspecified atom stereocenters. The molecule has 0 aliphatic rings. The molecule has 0 rings (SSSR count). The second kappa shape index (κ2) is 1.41. The van der Waals surface area contributed by atoms with Crippen molar-refractivity contribution in [2.24, 2.45) is 0 Å². The molecule has 0 bridgehead atoms. The van der Waals surface area contributed by atoms with E-state index in [9.17, 15) is 10.4 Å². The van der Waals surface area contributed by atoms with Crippen LogP contribution in [0.4, 0.5) is 10.4 Å². The van der Waals surface area contributed by atoms with E-state index < -0.39 is 19.1 Å². The fraction of sp³-hybridized carbons (Fsp3) is 1.00. The van der Waals surface area contributed by atoms with Gasteiger partial charge in [-0.25, -0.2) is 0 Å². The normalized spacial score (nSPS) is 18.1. The summed E-state index contributed by atoms with van der Waals surface area (Å²) in [5.74, 6) is 0. The summed E-state index contributed by atoms with van der Waals surface area (Å²) >= 11 is -6.03. The Balaban J connectivity index is 3.83. The van der Waals surface area contributed by atoms with Crippen LogP contribution in [0, 0.1) is 0 Å². The van der Waals surface area contributed by atoms with Crippen molar-refractivity contribution in [1.82, 2.24) is 0 Å². The molecule has 0 aromatic heterocycles. The number of hydrogen-bond acceptors (Lipinski definition) is 0. The van der Waals surface area contributed by atoms with Crippen molar-refractivity contribution in [2.75, 3.05) is 0 Å². The summed E-state index contributed by atoms with van der Waals surface area (Å²) in [6.07, 6.45) is 0. The first kappa shape index (κ1) is 7.35. The summed E-state index contributed by atoms with van der Waals surface area (Å²) < 4.78 is 35.0. The minimum atomic E-state index is -6.03. The topological polar surface area (TPSA) is 0 Å². The molecule has 0 aromatic carbocycles. The van der Waals surface area contributed by atoms with Crippen LogP contribution in [0.2, 0.25) is 10.9 Å². The molecule has 0 N–H and O–H groups in total. The van der Waals surface area contributed by atoms with Gasteiger partial charge >= 0.3 is 42.1 Å². The number of hydrogen-bond donors (Lipinski definition) is 0. The zero-order valence-corrected chi connectivity index (χ0v) is 6.16. The van der Waals surface area contributed by atoms with E-state index in [0.717, 1.165) is 0 Å². The molecule has 0 nitrogen and oxygen atoms in total. The van der Waals surface area contributed by atoms with Crippen LogP contribution >= 0.6 is 0 Å². The molecule has 0 atom stereocenters. The van der Waals surface area contributed by atoms with Gasteiger partial charge < -0.3 is 0 Å². The van der Waals surface area contributed by atoms with Crippen molar-refractivity contribution < 1.29 is 10.4 Å². The molecule has 46 valence electrons. The van der Waals surface area contributed by atoms with E-state index in [0.29, 0.717) is 5.71 Å². The molecule has 0 fully saturated rings. The Morgan fingerprint density at radius 3 is 1.43 bits per heavy atom. The molecule has 0 spiro atoms. The second-order valence-electron chi connectivity index (χ2n) is 1.69. The van der Waals surface area contributed by atoms with E-state index in [1.54, 1.807) is 0 Å². The fourth-order valence-electron chi connectivity index (χ4n) is 0. The van der Waals surface area contributed by atoms with Crippen LogP contribution in [0.15, 0.2) is 0 Å². The van der Waals surface area contributed by atoms with Gasteiger partial charge in [0.1, 0.15) is 0 Å². The maximum absolute atomic E-state index is 11.7. The standard InChI is InChI=1S/C3H8AsF3/c1-3-4(2,5,6)7/h3H2,1-2H3. The van der Waals surface area contributed by atoms with Gasteiger partial charge in [0, 0.05) is 0 Å². The van der Waals surface area contributed by atoms with E-state index >= 15 is 0 Å². The molecule has 0 aliphatic carbocycles. The molecule has 0 saturated carbocycles. The van der Waals surface area contributed by atoms with E-state index in [1.165, 1.54) is 6.92 Å². The van der Waals surface area contributed by atoms with E-state index in [-0.39, 0.29) is 0 Å². The van der Waals surface area contributed by atoms with Gasteiger partial charge in [0.25, 0.3) is 0 Å². The minimum absolute atomic E-state index is 0.443. The van der Waals surface area contributed by atoms with Gasteiger partial charge in [0.15, 0.2) is 0 Å². The van der Waals surface area contributed by atoms with Crippen LogP contribution in [0.3, 0.4) is 0 Å². The van der Waals surface area contributed by atoms with Gasteiger partial charge in [-0.05, 0) is 0 Å². The first-order chi connectivity index (χ1) is 2.81. The van der Waals surface area contributed by atoms with Crippen LogP contribution in [-0.2, 0) is 0 Å². The zero-order valence-electron chi connectivity index (χ0n) is 4.29. The molecule has 0 saturated heterocycles. The summed E-state index contributed by atoms with van der Waals surface area (Å²) in [4.78, 5) is 0. The third-order valence-corrected chi connectivity index (χ3v) is 3.51. The van der Waals surface area contributed by atoms with Crippen molar-refractivity contribution in [3.05, 3.63) is 0 Å². The summed E-state index contributed by atoms with van der Waals surface area (Å²) in [5, 5.41) is -0.585. The Morgan fingerprint density at radius 2 is 1.43 bits per heavy atom. The average Bonchev–Trinajstić information content (AvgIpc) is 1.32. The van der Waals surface area contributed by atoms with Gasteiger partial charge in [0.05, 0.1) is 0 Å². The number of rotatable bonds is 1. The van der Waals surface area contributed by atoms with Gasteiger partial charge in [-0.1, -0.05) is 0 Å². The van der Waals surface area contributed by atoms with Crippen LogP contribution in [-0.4, -0.2) is 13.9 Å². The molecular formula is C3H8AsF3. The van der Waals surface area contributed by atoms with Crippen LogP contribution < -0.4 is 0 Å². The first-order valence-electron chi connectivity index (χ1n) is 1.98. The third-order valence-electron chi connectivity index (χ3n) is 0.675. The monoisotopic (exact) mass is 176 g/mol. The Morgan fingerprint density at radius 1 is 1.29 bits per heavy atom. The van der Waals surface area contributed by atoms with Gasteiger partial charge in [-0.2, -0.15) is 0 Å². The second-order valence-corrected chi connectivity index (χ2v) is 8.78. The molecule has 0 radical (unpaired) electrons. The quantitative estimate of drug-likeness (QED) is 0.538. The Bertz CT molecular complexity index is 62.7.